The Morgan fingerprint density at radius 2 is 1.98 bits per heavy atom. The molecule has 1 aliphatic carbocycles. The van der Waals surface area contributed by atoms with Crippen LogP contribution < -0.4 is 14.8 Å². The molecular formula is C28H30FIN2O8. The molecule has 3 N–H and O–H groups in total. The SMILES string of the molecule is CCC(=O)C(=O)N(Cc1ccccc1F)[C@@H]1CC(C(=O)NCCO)=C[C@H](Oc2c(I)cc(C=O)cc2OC)[C@H]1O. The number of Topliss-reactive ketones (excluding diaryl/α,β-unsaturated/α-hetero) is 1. The molecule has 0 heterocycles. The van der Waals surface area contributed by atoms with Crippen molar-refractivity contribution >= 4 is 46.5 Å². The summed E-state index contributed by atoms with van der Waals surface area (Å²) in [5.74, 6) is -2.48. The summed E-state index contributed by atoms with van der Waals surface area (Å²) in [7, 11) is 1.38. The third-order valence-corrected chi connectivity index (χ3v) is 7.18. The average molecular weight is 668 g/mol. The van der Waals surface area contributed by atoms with Crippen LogP contribution in [0.4, 0.5) is 4.39 Å². The largest absolute Gasteiger partial charge is 0.493 e. The molecule has 0 bridgehead atoms. The van der Waals surface area contributed by atoms with Crippen LogP contribution in [0.3, 0.4) is 0 Å². The van der Waals surface area contributed by atoms with Gasteiger partial charge >= 0.3 is 0 Å². The molecule has 40 heavy (non-hydrogen) atoms. The zero-order chi connectivity index (χ0) is 29.4. The lowest BCUT2D eigenvalue weighted by atomic mass is 9.87. The molecule has 3 atom stereocenters. The number of carbonyl (C=O) groups excluding carboxylic acids is 4. The number of benzene rings is 2. The number of ketones is 1. The first-order valence-electron chi connectivity index (χ1n) is 12.5. The van der Waals surface area contributed by atoms with Crippen molar-refractivity contribution in [2.24, 2.45) is 0 Å². The lowest BCUT2D eigenvalue weighted by molar-refractivity contribution is -0.149. The Bertz CT molecular complexity index is 1300. The van der Waals surface area contributed by atoms with Crippen molar-refractivity contribution in [1.29, 1.82) is 0 Å². The summed E-state index contributed by atoms with van der Waals surface area (Å²) in [6.07, 6.45) is -0.932. The molecule has 214 valence electrons. The van der Waals surface area contributed by atoms with E-state index in [1.807, 2.05) is 22.6 Å². The van der Waals surface area contributed by atoms with Crippen molar-refractivity contribution in [2.75, 3.05) is 20.3 Å². The molecule has 1 aliphatic rings. The number of aliphatic hydroxyl groups excluding tert-OH is 2. The number of hydrogen-bond acceptors (Lipinski definition) is 8. The molecule has 2 amide bonds. The maximum atomic E-state index is 14.6. The minimum Gasteiger partial charge on any atom is -0.493 e. The Balaban J connectivity index is 2.08. The second-order valence-electron chi connectivity index (χ2n) is 8.97. The van der Waals surface area contributed by atoms with E-state index in [4.69, 9.17) is 14.6 Å². The summed E-state index contributed by atoms with van der Waals surface area (Å²) < 4.78 is 26.6. The maximum Gasteiger partial charge on any atom is 0.290 e. The van der Waals surface area contributed by atoms with E-state index in [2.05, 4.69) is 5.32 Å². The smallest absolute Gasteiger partial charge is 0.290 e. The molecule has 12 heteroatoms. The van der Waals surface area contributed by atoms with E-state index in [1.165, 1.54) is 44.4 Å². The van der Waals surface area contributed by atoms with Crippen molar-refractivity contribution in [2.45, 2.75) is 44.6 Å². The van der Waals surface area contributed by atoms with Gasteiger partial charge in [-0.2, -0.15) is 0 Å². The topological polar surface area (TPSA) is 142 Å². The number of aliphatic hydroxyl groups is 2. The van der Waals surface area contributed by atoms with Gasteiger partial charge < -0.3 is 29.9 Å². The molecule has 0 saturated heterocycles. The fourth-order valence-corrected chi connectivity index (χ4v) is 5.05. The van der Waals surface area contributed by atoms with Crippen molar-refractivity contribution in [3.05, 3.63) is 68.6 Å². The molecule has 0 aromatic heterocycles. The number of rotatable bonds is 12. The first kappa shape index (κ1) is 31.2. The van der Waals surface area contributed by atoms with E-state index in [1.54, 1.807) is 12.1 Å². The quantitative estimate of drug-likeness (QED) is 0.178. The molecule has 0 saturated carbocycles. The normalized spacial score (nSPS) is 18.4. The summed E-state index contributed by atoms with van der Waals surface area (Å²) in [6.45, 7) is 0.814. The van der Waals surface area contributed by atoms with E-state index in [-0.39, 0.29) is 55.2 Å². The van der Waals surface area contributed by atoms with Crippen LogP contribution in [0.5, 0.6) is 11.5 Å². The van der Waals surface area contributed by atoms with Crippen LogP contribution in [0.1, 0.15) is 35.7 Å². The van der Waals surface area contributed by atoms with Gasteiger partial charge in [-0.25, -0.2) is 4.39 Å². The van der Waals surface area contributed by atoms with Crippen LogP contribution in [-0.4, -0.2) is 77.5 Å². The molecule has 0 unspecified atom stereocenters. The number of carbonyl (C=O) groups is 4. The highest BCUT2D eigenvalue weighted by Crippen LogP contribution is 2.37. The fraction of sp³-hybridized carbons (Fsp3) is 0.357. The molecule has 10 nitrogen and oxygen atoms in total. The van der Waals surface area contributed by atoms with Gasteiger partial charge in [0.15, 0.2) is 11.5 Å². The lowest BCUT2D eigenvalue weighted by Gasteiger charge is -2.40. The minimum atomic E-state index is -1.46. The number of hydrogen-bond donors (Lipinski definition) is 3. The number of amides is 2. The number of halogens is 2. The predicted octanol–water partition coefficient (Wildman–Crippen LogP) is 2.17. The average Bonchev–Trinajstić information content (AvgIpc) is 2.96. The van der Waals surface area contributed by atoms with E-state index in [9.17, 15) is 28.7 Å². The molecule has 0 fully saturated rings. The highest BCUT2D eigenvalue weighted by molar-refractivity contribution is 14.1. The van der Waals surface area contributed by atoms with E-state index < -0.39 is 41.7 Å². The van der Waals surface area contributed by atoms with Gasteiger partial charge in [0, 0.05) is 42.6 Å². The molecule has 0 aliphatic heterocycles. The van der Waals surface area contributed by atoms with Gasteiger partial charge in [-0.1, -0.05) is 25.1 Å². The van der Waals surface area contributed by atoms with Gasteiger partial charge in [0.1, 0.15) is 24.3 Å². The number of aldehydes is 1. The zero-order valence-electron chi connectivity index (χ0n) is 21.9. The highest BCUT2D eigenvalue weighted by Gasteiger charge is 2.42. The predicted molar refractivity (Wildman–Crippen MR) is 150 cm³/mol. The van der Waals surface area contributed by atoms with Gasteiger partial charge in [-0.15, -0.1) is 0 Å². The van der Waals surface area contributed by atoms with Crippen LogP contribution in [0.2, 0.25) is 0 Å². The summed E-state index contributed by atoms with van der Waals surface area (Å²) in [5, 5.41) is 23.2. The summed E-state index contributed by atoms with van der Waals surface area (Å²) in [6, 6.07) is 7.57. The van der Waals surface area contributed by atoms with Gasteiger partial charge in [-0.3, -0.25) is 19.2 Å². The van der Waals surface area contributed by atoms with E-state index in [0.717, 1.165) is 4.90 Å². The van der Waals surface area contributed by atoms with Crippen LogP contribution in [-0.2, 0) is 20.9 Å². The molecule has 0 radical (unpaired) electrons. The molecule has 3 rings (SSSR count). The van der Waals surface area contributed by atoms with Crippen LogP contribution in [0.25, 0.3) is 0 Å². The number of nitrogens with zero attached hydrogens (tertiary/aromatic N) is 1. The van der Waals surface area contributed by atoms with Crippen LogP contribution >= 0.6 is 22.6 Å². The Hall–Kier alpha value is -3.36. The Morgan fingerprint density at radius 1 is 1.25 bits per heavy atom. The number of ether oxygens (including phenoxy) is 2. The Labute approximate surface area is 244 Å². The Morgan fingerprint density at radius 3 is 2.60 bits per heavy atom. The third-order valence-electron chi connectivity index (χ3n) is 6.38. The molecule has 0 spiro atoms. The van der Waals surface area contributed by atoms with Gasteiger partial charge in [0.05, 0.1) is 23.3 Å². The molecule has 2 aromatic rings. The van der Waals surface area contributed by atoms with Gasteiger partial charge in [-0.05, 0) is 46.9 Å². The first-order valence-corrected chi connectivity index (χ1v) is 13.6. The lowest BCUT2D eigenvalue weighted by Crippen LogP contribution is -2.56. The fourth-order valence-electron chi connectivity index (χ4n) is 4.30. The molecular weight excluding hydrogens is 638 g/mol. The van der Waals surface area contributed by atoms with Gasteiger partial charge in [0.25, 0.3) is 5.91 Å². The first-order chi connectivity index (χ1) is 19.1. The van der Waals surface area contributed by atoms with Crippen LogP contribution in [0, 0.1) is 9.39 Å². The zero-order valence-corrected chi connectivity index (χ0v) is 24.1. The van der Waals surface area contributed by atoms with Crippen molar-refractivity contribution in [1.82, 2.24) is 10.2 Å². The van der Waals surface area contributed by atoms with E-state index >= 15 is 0 Å². The van der Waals surface area contributed by atoms with Crippen molar-refractivity contribution < 1.29 is 43.3 Å². The van der Waals surface area contributed by atoms with Crippen LogP contribution in [0.15, 0.2) is 48.0 Å². The standard InChI is InChI=1S/C28H30FIN2O8/c1-3-22(35)28(38)32(14-17-6-4-5-7-19(17)29)21-12-18(27(37)31-8-9-33)13-23(25(21)36)40-26-20(30)10-16(15-34)11-24(26)39-2/h4-7,10-11,13,15,21,23,25,33,36H,3,8-9,12,14H2,1-2H3,(H,31,37)/t21-,23+,25+/m1/s1. The van der Waals surface area contributed by atoms with Gasteiger partial charge in [0.2, 0.25) is 11.7 Å². The van der Waals surface area contributed by atoms with Crippen molar-refractivity contribution in [3.63, 3.8) is 0 Å². The number of nitrogens with one attached hydrogen (secondary N) is 1. The second kappa shape index (κ2) is 14.3. The second-order valence-corrected chi connectivity index (χ2v) is 10.1. The summed E-state index contributed by atoms with van der Waals surface area (Å²) in [5.41, 5.74) is 0.573. The Kier molecular flexibility index (Phi) is 11.2. The van der Waals surface area contributed by atoms with E-state index in [0.29, 0.717) is 15.4 Å². The third kappa shape index (κ3) is 7.23. The monoisotopic (exact) mass is 668 g/mol. The maximum absolute atomic E-state index is 14.6. The summed E-state index contributed by atoms with van der Waals surface area (Å²) >= 11 is 1.94. The van der Waals surface area contributed by atoms with Crippen molar-refractivity contribution in [3.8, 4) is 11.5 Å². The summed E-state index contributed by atoms with van der Waals surface area (Å²) in [4.78, 5) is 51.1. The minimum absolute atomic E-state index is 0.0417. The highest BCUT2D eigenvalue weighted by atomic mass is 127. The number of methoxy groups -OCH3 is 1. The molecule has 2 aromatic carbocycles.